The van der Waals surface area contributed by atoms with Gasteiger partial charge in [-0.15, -0.1) is 0 Å². The number of ether oxygens (including phenoxy) is 1. The Morgan fingerprint density at radius 2 is 2.20 bits per heavy atom. The molecule has 6 nitrogen and oxygen atoms in total. The first-order valence-electron chi connectivity index (χ1n) is 6.17. The van der Waals surface area contributed by atoms with Gasteiger partial charge in [-0.3, -0.25) is 15.1 Å². The second-order valence-corrected chi connectivity index (χ2v) is 4.14. The van der Waals surface area contributed by atoms with Gasteiger partial charge in [0.15, 0.2) is 0 Å². The Morgan fingerprint density at radius 1 is 1.35 bits per heavy atom. The number of nitro groups is 1. The molecule has 20 heavy (non-hydrogen) atoms. The van der Waals surface area contributed by atoms with Crippen molar-refractivity contribution in [2.75, 3.05) is 19.0 Å². The highest BCUT2D eigenvalue weighted by molar-refractivity contribution is 5.60. The first kappa shape index (κ1) is 13.8. The molecule has 0 spiro atoms. The van der Waals surface area contributed by atoms with E-state index in [1.165, 1.54) is 19.2 Å². The Hall–Kier alpha value is -2.63. The van der Waals surface area contributed by atoms with E-state index in [0.717, 1.165) is 17.8 Å². The summed E-state index contributed by atoms with van der Waals surface area (Å²) in [6, 6.07) is 10.3. The molecule has 1 aromatic heterocycles. The zero-order valence-corrected chi connectivity index (χ0v) is 11.1. The predicted octanol–water partition coefficient (Wildman–Crippen LogP) is 2.65. The van der Waals surface area contributed by atoms with Gasteiger partial charge in [0.25, 0.3) is 5.69 Å². The van der Waals surface area contributed by atoms with Crippen molar-refractivity contribution in [1.29, 1.82) is 0 Å². The number of nitro benzene ring substituents is 1. The normalized spacial score (nSPS) is 10.1. The van der Waals surface area contributed by atoms with Crippen molar-refractivity contribution in [3.8, 4) is 5.75 Å². The standard InChI is InChI=1S/C14H15N3O3/c1-20-14-10-12(17(18)19)5-6-13(14)16-9-7-11-4-2-3-8-15-11/h2-6,8,10,16H,7,9H2,1H3. The summed E-state index contributed by atoms with van der Waals surface area (Å²) in [5.74, 6) is 0.459. The smallest absolute Gasteiger partial charge is 0.273 e. The van der Waals surface area contributed by atoms with Crippen LogP contribution in [-0.2, 0) is 6.42 Å². The molecule has 0 radical (unpaired) electrons. The fourth-order valence-electron chi connectivity index (χ4n) is 1.81. The molecule has 2 rings (SSSR count). The first-order chi connectivity index (χ1) is 9.70. The van der Waals surface area contributed by atoms with Crippen LogP contribution < -0.4 is 10.1 Å². The number of pyridine rings is 1. The highest BCUT2D eigenvalue weighted by atomic mass is 16.6. The Balaban J connectivity index is 2.00. The highest BCUT2D eigenvalue weighted by Crippen LogP contribution is 2.28. The van der Waals surface area contributed by atoms with Crippen LogP contribution in [0.4, 0.5) is 11.4 Å². The Kier molecular flexibility index (Phi) is 4.49. The van der Waals surface area contributed by atoms with Crippen molar-refractivity contribution in [3.63, 3.8) is 0 Å². The van der Waals surface area contributed by atoms with Gasteiger partial charge < -0.3 is 10.1 Å². The number of hydrogen-bond acceptors (Lipinski definition) is 5. The maximum atomic E-state index is 10.7. The van der Waals surface area contributed by atoms with Gasteiger partial charge in [0.05, 0.1) is 23.8 Å². The van der Waals surface area contributed by atoms with Crippen molar-refractivity contribution >= 4 is 11.4 Å². The van der Waals surface area contributed by atoms with Gasteiger partial charge in [0.2, 0.25) is 0 Å². The summed E-state index contributed by atoms with van der Waals surface area (Å²) in [5, 5.41) is 13.9. The summed E-state index contributed by atoms with van der Waals surface area (Å²) in [7, 11) is 1.49. The van der Waals surface area contributed by atoms with E-state index in [2.05, 4.69) is 10.3 Å². The molecule has 0 fully saturated rings. The Bertz CT molecular complexity index is 587. The number of hydrogen-bond donors (Lipinski definition) is 1. The van der Waals surface area contributed by atoms with Gasteiger partial charge in [0, 0.05) is 30.9 Å². The van der Waals surface area contributed by atoms with Crippen LogP contribution in [0.1, 0.15) is 5.69 Å². The monoisotopic (exact) mass is 273 g/mol. The minimum atomic E-state index is -0.444. The van der Waals surface area contributed by atoms with Crippen molar-refractivity contribution in [2.45, 2.75) is 6.42 Å². The van der Waals surface area contributed by atoms with E-state index in [4.69, 9.17) is 4.74 Å². The molecule has 0 aliphatic heterocycles. The molecule has 104 valence electrons. The summed E-state index contributed by atoms with van der Waals surface area (Å²) in [4.78, 5) is 14.5. The molecule has 0 bridgehead atoms. The van der Waals surface area contributed by atoms with Crippen LogP contribution >= 0.6 is 0 Å². The van der Waals surface area contributed by atoms with Gasteiger partial charge in [-0.05, 0) is 18.2 Å². The van der Waals surface area contributed by atoms with E-state index in [1.54, 1.807) is 12.3 Å². The fourth-order valence-corrected chi connectivity index (χ4v) is 1.81. The minimum Gasteiger partial charge on any atom is -0.494 e. The van der Waals surface area contributed by atoms with Crippen molar-refractivity contribution in [1.82, 2.24) is 4.98 Å². The summed E-state index contributed by atoms with van der Waals surface area (Å²) in [5.41, 5.74) is 1.73. The summed E-state index contributed by atoms with van der Waals surface area (Å²) in [6.07, 6.45) is 2.52. The number of aromatic nitrogens is 1. The topological polar surface area (TPSA) is 77.3 Å². The minimum absolute atomic E-state index is 0.0112. The quantitative estimate of drug-likeness (QED) is 0.646. The lowest BCUT2D eigenvalue weighted by Crippen LogP contribution is -2.07. The molecule has 0 amide bonds. The zero-order chi connectivity index (χ0) is 14.4. The predicted molar refractivity (Wildman–Crippen MR) is 76.1 cm³/mol. The van der Waals surface area contributed by atoms with Crippen LogP contribution in [0.5, 0.6) is 5.75 Å². The number of rotatable bonds is 6. The van der Waals surface area contributed by atoms with Crippen LogP contribution in [0.3, 0.4) is 0 Å². The van der Waals surface area contributed by atoms with E-state index in [-0.39, 0.29) is 5.69 Å². The molecule has 0 aliphatic rings. The molecule has 0 saturated carbocycles. The maximum absolute atomic E-state index is 10.7. The Morgan fingerprint density at radius 3 is 2.85 bits per heavy atom. The molecule has 0 saturated heterocycles. The lowest BCUT2D eigenvalue weighted by Gasteiger charge is -2.10. The van der Waals surface area contributed by atoms with Gasteiger partial charge in [-0.2, -0.15) is 0 Å². The van der Waals surface area contributed by atoms with Gasteiger partial charge in [0.1, 0.15) is 5.75 Å². The van der Waals surface area contributed by atoms with E-state index < -0.39 is 4.92 Å². The number of benzene rings is 1. The van der Waals surface area contributed by atoms with Gasteiger partial charge >= 0.3 is 0 Å². The van der Waals surface area contributed by atoms with Crippen LogP contribution in [0.15, 0.2) is 42.6 Å². The lowest BCUT2D eigenvalue weighted by atomic mass is 10.2. The van der Waals surface area contributed by atoms with Crippen molar-refractivity contribution < 1.29 is 9.66 Å². The second kappa shape index (κ2) is 6.51. The third-order valence-corrected chi connectivity index (χ3v) is 2.82. The van der Waals surface area contributed by atoms with E-state index in [0.29, 0.717) is 12.3 Å². The van der Waals surface area contributed by atoms with E-state index in [9.17, 15) is 10.1 Å². The van der Waals surface area contributed by atoms with Crippen LogP contribution in [0.2, 0.25) is 0 Å². The molecule has 1 aromatic carbocycles. The molecule has 0 unspecified atom stereocenters. The SMILES string of the molecule is COc1cc([N+](=O)[O-])ccc1NCCc1ccccn1. The van der Waals surface area contributed by atoms with E-state index in [1.807, 2.05) is 18.2 Å². The molecule has 1 N–H and O–H groups in total. The Labute approximate surface area is 116 Å². The average Bonchev–Trinajstić information content (AvgIpc) is 2.48. The molecular formula is C14H15N3O3. The van der Waals surface area contributed by atoms with Gasteiger partial charge in [-0.25, -0.2) is 0 Å². The van der Waals surface area contributed by atoms with E-state index >= 15 is 0 Å². The molecular weight excluding hydrogens is 258 g/mol. The summed E-state index contributed by atoms with van der Waals surface area (Å²) < 4.78 is 5.16. The van der Waals surface area contributed by atoms with Crippen LogP contribution in [0.25, 0.3) is 0 Å². The largest absolute Gasteiger partial charge is 0.494 e. The fraction of sp³-hybridized carbons (Fsp3) is 0.214. The van der Waals surface area contributed by atoms with Crippen LogP contribution in [-0.4, -0.2) is 23.6 Å². The third kappa shape index (κ3) is 3.44. The molecule has 1 heterocycles. The number of nitrogens with zero attached hydrogens (tertiary/aromatic N) is 2. The highest BCUT2D eigenvalue weighted by Gasteiger charge is 2.10. The summed E-state index contributed by atoms with van der Waals surface area (Å²) >= 11 is 0. The maximum Gasteiger partial charge on any atom is 0.273 e. The van der Waals surface area contributed by atoms with Crippen LogP contribution in [0, 0.1) is 10.1 Å². The van der Waals surface area contributed by atoms with Crippen molar-refractivity contribution in [2.24, 2.45) is 0 Å². The second-order valence-electron chi connectivity index (χ2n) is 4.14. The van der Waals surface area contributed by atoms with Gasteiger partial charge in [-0.1, -0.05) is 6.07 Å². The third-order valence-electron chi connectivity index (χ3n) is 2.82. The number of anilines is 1. The first-order valence-corrected chi connectivity index (χ1v) is 6.17. The average molecular weight is 273 g/mol. The molecule has 2 aromatic rings. The number of nitrogens with one attached hydrogen (secondary N) is 1. The van der Waals surface area contributed by atoms with Crippen molar-refractivity contribution in [3.05, 3.63) is 58.4 Å². The molecule has 0 aliphatic carbocycles. The molecule has 6 heteroatoms. The summed E-state index contributed by atoms with van der Waals surface area (Å²) in [6.45, 7) is 0.672. The zero-order valence-electron chi connectivity index (χ0n) is 11.1. The molecule has 0 atom stereocenters. The lowest BCUT2D eigenvalue weighted by molar-refractivity contribution is -0.384. The number of methoxy groups -OCH3 is 1. The number of non-ortho nitro benzene ring substituents is 1.